The fourth-order valence-corrected chi connectivity index (χ4v) is 4.42. The van der Waals surface area contributed by atoms with Gasteiger partial charge in [0.1, 0.15) is 22.9 Å². The summed E-state index contributed by atoms with van der Waals surface area (Å²) in [5, 5.41) is 3.90. The van der Waals surface area contributed by atoms with Crippen LogP contribution in [0.5, 0.6) is 11.5 Å². The number of aromatic nitrogens is 2. The lowest BCUT2D eigenvalue weighted by molar-refractivity contribution is -0.116. The number of ether oxygens (including phenoxy) is 2. The van der Waals surface area contributed by atoms with Crippen molar-refractivity contribution < 1.29 is 23.0 Å². The molecule has 0 unspecified atom stereocenters. The van der Waals surface area contributed by atoms with Crippen LogP contribution in [0.2, 0.25) is 0 Å². The Labute approximate surface area is 188 Å². The van der Waals surface area contributed by atoms with E-state index in [1.165, 1.54) is 0 Å². The van der Waals surface area contributed by atoms with Gasteiger partial charge in [-0.05, 0) is 41.3 Å². The molecule has 0 radical (unpaired) electrons. The van der Waals surface area contributed by atoms with Gasteiger partial charge in [0.15, 0.2) is 11.5 Å². The average molecular weight is 471 g/mol. The summed E-state index contributed by atoms with van der Waals surface area (Å²) in [5.41, 5.74) is -0.629. The van der Waals surface area contributed by atoms with Crippen molar-refractivity contribution in [2.75, 3.05) is 12.1 Å². The number of thiophene rings is 1. The van der Waals surface area contributed by atoms with Gasteiger partial charge in [0.2, 0.25) is 12.7 Å². The highest BCUT2D eigenvalue weighted by molar-refractivity contribution is 7.17. The maximum Gasteiger partial charge on any atom is 0.332 e. The van der Waals surface area contributed by atoms with E-state index in [0.717, 1.165) is 38.7 Å². The van der Waals surface area contributed by atoms with Gasteiger partial charge >= 0.3 is 5.69 Å². The van der Waals surface area contributed by atoms with Gasteiger partial charge in [-0.2, -0.15) is 0 Å². The van der Waals surface area contributed by atoms with Crippen molar-refractivity contribution in [2.24, 2.45) is 0 Å². The monoisotopic (exact) mass is 471 g/mol. The van der Waals surface area contributed by atoms with E-state index in [1.807, 2.05) is 0 Å². The van der Waals surface area contributed by atoms with Crippen LogP contribution >= 0.6 is 11.3 Å². The normalized spacial score (nSPS) is 12.3. The predicted octanol–water partition coefficient (Wildman–Crippen LogP) is 2.92. The molecule has 5 rings (SSSR count). The van der Waals surface area contributed by atoms with Crippen LogP contribution in [-0.2, 0) is 17.9 Å². The van der Waals surface area contributed by atoms with Crippen molar-refractivity contribution in [3.05, 3.63) is 85.9 Å². The Kier molecular flexibility index (Phi) is 5.17. The smallest absolute Gasteiger partial charge is 0.332 e. The molecular formula is C22H15F2N3O5S. The van der Waals surface area contributed by atoms with Gasteiger partial charge in [0, 0.05) is 6.07 Å². The Hall–Kier alpha value is -3.99. The second kappa shape index (κ2) is 8.17. The highest BCUT2D eigenvalue weighted by Gasteiger charge is 2.19. The van der Waals surface area contributed by atoms with Gasteiger partial charge in [-0.25, -0.2) is 13.6 Å². The van der Waals surface area contributed by atoms with Crippen LogP contribution in [0.1, 0.15) is 5.56 Å². The van der Waals surface area contributed by atoms with Crippen LogP contribution in [0, 0.1) is 11.6 Å². The lowest BCUT2D eigenvalue weighted by Gasteiger charge is -2.13. The Morgan fingerprint density at radius 3 is 2.70 bits per heavy atom. The number of halogens is 2. The zero-order chi connectivity index (χ0) is 23.1. The highest BCUT2D eigenvalue weighted by Crippen LogP contribution is 2.32. The molecule has 168 valence electrons. The SMILES string of the molecule is O=C(Cn1c(=O)n(Cc2ccc3c(c2)OCO3)c(=O)c2sccc21)Nc1cc(F)ccc1F. The maximum atomic E-state index is 13.9. The van der Waals surface area contributed by atoms with Crippen LogP contribution in [0.15, 0.2) is 57.4 Å². The summed E-state index contributed by atoms with van der Waals surface area (Å²) in [6, 6.07) is 9.29. The molecule has 1 aliphatic heterocycles. The lowest BCUT2D eigenvalue weighted by atomic mass is 10.2. The first-order chi connectivity index (χ1) is 15.9. The number of amides is 1. The van der Waals surface area contributed by atoms with Crippen LogP contribution in [0.25, 0.3) is 10.2 Å². The van der Waals surface area contributed by atoms with E-state index in [-0.39, 0.29) is 24.5 Å². The zero-order valence-electron chi connectivity index (χ0n) is 16.8. The van der Waals surface area contributed by atoms with Crippen molar-refractivity contribution in [3.8, 4) is 11.5 Å². The molecule has 3 heterocycles. The second-order valence-corrected chi connectivity index (χ2v) is 8.17. The van der Waals surface area contributed by atoms with Gasteiger partial charge in [-0.1, -0.05) is 6.07 Å². The Balaban J connectivity index is 1.50. The van der Waals surface area contributed by atoms with E-state index in [4.69, 9.17) is 9.47 Å². The molecule has 1 aliphatic rings. The lowest BCUT2D eigenvalue weighted by Crippen LogP contribution is -2.41. The molecule has 0 fully saturated rings. The molecule has 0 saturated heterocycles. The third-order valence-corrected chi connectivity index (χ3v) is 6.01. The number of anilines is 1. The molecule has 1 amide bonds. The third-order valence-electron chi connectivity index (χ3n) is 5.12. The molecule has 8 nitrogen and oxygen atoms in total. The topological polar surface area (TPSA) is 91.6 Å². The quantitative estimate of drug-likeness (QED) is 0.483. The minimum Gasteiger partial charge on any atom is -0.454 e. The Morgan fingerprint density at radius 2 is 1.85 bits per heavy atom. The average Bonchev–Trinajstić information content (AvgIpc) is 3.46. The number of hydrogen-bond donors (Lipinski definition) is 1. The van der Waals surface area contributed by atoms with Gasteiger partial charge in [0.05, 0.1) is 17.7 Å². The van der Waals surface area contributed by atoms with Crippen LogP contribution < -0.4 is 26.0 Å². The number of hydrogen-bond acceptors (Lipinski definition) is 6. The number of benzene rings is 2. The maximum absolute atomic E-state index is 13.9. The molecule has 4 aromatic rings. The molecule has 0 aliphatic carbocycles. The van der Waals surface area contributed by atoms with Crippen molar-refractivity contribution in [1.82, 2.24) is 9.13 Å². The van der Waals surface area contributed by atoms with E-state index in [1.54, 1.807) is 29.6 Å². The number of carbonyl (C=O) groups is 1. The van der Waals surface area contributed by atoms with Gasteiger partial charge in [-0.15, -0.1) is 11.3 Å². The fraction of sp³-hybridized carbons (Fsp3) is 0.136. The highest BCUT2D eigenvalue weighted by atomic mass is 32.1. The summed E-state index contributed by atoms with van der Waals surface area (Å²) in [7, 11) is 0. The van der Waals surface area contributed by atoms with Crippen LogP contribution in [0.3, 0.4) is 0 Å². The van der Waals surface area contributed by atoms with Crippen molar-refractivity contribution >= 4 is 33.1 Å². The first-order valence-corrected chi connectivity index (χ1v) is 10.6. The van der Waals surface area contributed by atoms with Crippen molar-refractivity contribution in [3.63, 3.8) is 0 Å². The summed E-state index contributed by atoms with van der Waals surface area (Å²) in [4.78, 5) is 38.8. The largest absolute Gasteiger partial charge is 0.454 e. The number of nitrogens with zero attached hydrogens (tertiary/aromatic N) is 2. The minimum atomic E-state index is -0.814. The molecule has 0 atom stereocenters. The van der Waals surface area contributed by atoms with Crippen molar-refractivity contribution in [2.45, 2.75) is 13.1 Å². The first kappa shape index (κ1) is 20.9. The number of carbonyl (C=O) groups excluding carboxylic acids is 1. The van der Waals surface area contributed by atoms with E-state index < -0.39 is 35.3 Å². The number of fused-ring (bicyclic) bond motifs is 2. The summed E-state index contributed by atoms with van der Waals surface area (Å²) < 4.78 is 40.4. The molecular weight excluding hydrogens is 456 g/mol. The molecule has 0 bridgehead atoms. The summed E-state index contributed by atoms with van der Waals surface area (Å²) in [6.45, 7) is -0.459. The van der Waals surface area contributed by atoms with Crippen molar-refractivity contribution in [1.29, 1.82) is 0 Å². The first-order valence-electron chi connectivity index (χ1n) is 9.75. The molecule has 2 aromatic carbocycles. The molecule has 11 heteroatoms. The van der Waals surface area contributed by atoms with Gasteiger partial charge < -0.3 is 14.8 Å². The Morgan fingerprint density at radius 1 is 1.03 bits per heavy atom. The number of nitrogens with one attached hydrogen (secondary N) is 1. The Bertz CT molecular complexity index is 1520. The fourth-order valence-electron chi connectivity index (χ4n) is 3.57. The molecule has 2 aromatic heterocycles. The zero-order valence-corrected chi connectivity index (χ0v) is 17.7. The standard InChI is InChI=1S/C22H15F2N3O5S/c23-13-2-3-14(24)15(8-13)25-19(28)10-26-16-5-6-33-20(16)21(29)27(22(26)30)9-12-1-4-17-18(7-12)32-11-31-17/h1-8H,9-11H2,(H,25,28). The molecule has 0 spiro atoms. The van der Waals surface area contributed by atoms with Gasteiger partial charge in [0.25, 0.3) is 5.56 Å². The van der Waals surface area contributed by atoms with Crippen LogP contribution in [0.4, 0.5) is 14.5 Å². The summed E-state index contributed by atoms with van der Waals surface area (Å²) in [6.07, 6.45) is 0. The minimum absolute atomic E-state index is 0.0533. The van der Waals surface area contributed by atoms with Crippen LogP contribution in [-0.4, -0.2) is 21.8 Å². The third kappa shape index (κ3) is 3.87. The number of rotatable bonds is 5. The van der Waals surface area contributed by atoms with E-state index in [0.29, 0.717) is 21.8 Å². The molecule has 1 N–H and O–H groups in total. The van der Waals surface area contributed by atoms with E-state index in [2.05, 4.69) is 5.32 Å². The second-order valence-electron chi connectivity index (χ2n) is 7.25. The summed E-state index contributed by atoms with van der Waals surface area (Å²) in [5.74, 6) is -1.21. The van der Waals surface area contributed by atoms with Gasteiger partial charge in [-0.3, -0.25) is 18.7 Å². The van der Waals surface area contributed by atoms with E-state index >= 15 is 0 Å². The molecule has 0 saturated carbocycles. The summed E-state index contributed by atoms with van der Waals surface area (Å²) >= 11 is 1.14. The molecule has 33 heavy (non-hydrogen) atoms. The van der Waals surface area contributed by atoms with E-state index in [9.17, 15) is 23.2 Å². The predicted molar refractivity (Wildman–Crippen MR) is 117 cm³/mol.